The van der Waals surface area contributed by atoms with E-state index in [0.717, 1.165) is 11.1 Å². The van der Waals surface area contributed by atoms with Crippen molar-refractivity contribution in [3.8, 4) is 5.75 Å². The zero-order valence-electron chi connectivity index (χ0n) is 10.2. The molecule has 0 saturated carbocycles. The number of phenols is 1. The van der Waals surface area contributed by atoms with E-state index in [-0.39, 0.29) is 32.7 Å². The maximum absolute atomic E-state index is 9.10. The Morgan fingerprint density at radius 2 is 1.47 bits per heavy atom. The monoisotopic (exact) mass is 285 g/mol. The molecule has 0 fully saturated rings. The van der Waals surface area contributed by atoms with Crippen LogP contribution in [-0.4, -0.2) is 15.8 Å². The minimum absolute atomic E-state index is 0. The third-order valence-corrected chi connectivity index (χ3v) is 1.36. The zero-order valence-corrected chi connectivity index (χ0v) is 13.0. The Hall–Kier alpha value is 0.0839. The molecule has 15 heavy (non-hydrogen) atoms. The van der Waals surface area contributed by atoms with Crippen molar-refractivity contribution in [2.45, 2.75) is 40.2 Å². The summed E-state index contributed by atoms with van der Waals surface area (Å²) in [5.74, 6) is 0.384. The Bertz CT molecular complexity index is 284. The number of aliphatic hydroxyl groups is 1. The predicted molar refractivity (Wildman–Crippen MR) is 59.6 cm³/mol. The van der Waals surface area contributed by atoms with Gasteiger partial charge in [-0.25, -0.2) is 0 Å². The molecule has 0 aliphatic carbocycles. The molecule has 0 aliphatic rings. The second kappa shape index (κ2) is 7.37. The van der Waals surface area contributed by atoms with Crippen molar-refractivity contribution in [2.24, 2.45) is 0 Å². The van der Waals surface area contributed by atoms with E-state index in [1.165, 1.54) is 0 Å². The molecule has 0 heterocycles. The van der Waals surface area contributed by atoms with Crippen LogP contribution in [0, 0.1) is 13.8 Å². The van der Waals surface area contributed by atoms with E-state index in [2.05, 4.69) is 0 Å². The van der Waals surface area contributed by atoms with Gasteiger partial charge in [0.2, 0.25) is 0 Å². The summed E-state index contributed by atoms with van der Waals surface area (Å²) in [5.41, 5.74) is 1.53. The third-order valence-electron chi connectivity index (χ3n) is 1.36. The van der Waals surface area contributed by atoms with Gasteiger partial charge in [0.25, 0.3) is 0 Å². The molecular formula is C12H20O2Y. The van der Waals surface area contributed by atoms with Gasteiger partial charge in [-0.15, -0.1) is 0 Å². The number of rotatable bonds is 0. The van der Waals surface area contributed by atoms with Crippen molar-refractivity contribution in [3.63, 3.8) is 0 Å². The molecule has 0 saturated heterocycles. The van der Waals surface area contributed by atoms with E-state index < -0.39 is 5.60 Å². The van der Waals surface area contributed by atoms with E-state index in [9.17, 15) is 0 Å². The first-order valence-electron chi connectivity index (χ1n) is 4.69. The van der Waals surface area contributed by atoms with Crippen molar-refractivity contribution in [1.29, 1.82) is 0 Å². The minimum atomic E-state index is -0.500. The molecule has 0 bridgehead atoms. The van der Waals surface area contributed by atoms with Gasteiger partial charge in [-0.1, -0.05) is 12.1 Å². The number of phenolic OH excluding ortho intramolecular Hbond substituents is 1. The van der Waals surface area contributed by atoms with E-state index in [1.807, 2.05) is 26.0 Å². The van der Waals surface area contributed by atoms with Crippen LogP contribution in [0.5, 0.6) is 5.75 Å². The SMILES string of the molecule is CC(C)(C)O.Cc1ccc(C)c(O)c1.[Y]. The fraction of sp³-hybridized carbons (Fsp3) is 0.500. The second-order valence-electron chi connectivity index (χ2n) is 4.46. The summed E-state index contributed by atoms with van der Waals surface area (Å²) in [7, 11) is 0. The van der Waals surface area contributed by atoms with Gasteiger partial charge in [0.15, 0.2) is 0 Å². The number of aryl methyl sites for hydroxylation is 2. The number of benzene rings is 1. The summed E-state index contributed by atoms with van der Waals surface area (Å²) < 4.78 is 0. The average molecular weight is 285 g/mol. The average Bonchev–Trinajstić information content (AvgIpc) is 1.94. The van der Waals surface area contributed by atoms with Gasteiger partial charge in [-0.2, -0.15) is 0 Å². The van der Waals surface area contributed by atoms with Crippen LogP contribution < -0.4 is 0 Å². The molecule has 0 unspecified atom stereocenters. The second-order valence-corrected chi connectivity index (χ2v) is 4.46. The fourth-order valence-electron chi connectivity index (χ4n) is 0.719. The van der Waals surface area contributed by atoms with Crippen LogP contribution in [0.15, 0.2) is 18.2 Å². The van der Waals surface area contributed by atoms with E-state index in [1.54, 1.807) is 26.8 Å². The zero-order chi connectivity index (χ0) is 11.4. The first-order chi connectivity index (χ1) is 6.20. The third kappa shape index (κ3) is 12.0. The standard InChI is InChI=1S/C8H10O.C4H10O.Y/c1-6-3-4-7(2)8(9)5-6;1-4(2,3)5;/h3-5,9H,1-2H3;5H,1-3H3;. The summed E-state index contributed by atoms with van der Waals surface area (Å²) in [6.45, 7) is 9.07. The summed E-state index contributed by atoms with van der Waals surface area (Å²) >= 11 is 0. The molecule has 0 aromatic heterocycles. The van der Waals surface area contributed by atoms with Gasteiger partial charge < -0.3 is 10.2 Å². The molecular weight excluding hydrogens is 265 g/mol. The van der Waals surface area contributed by atoms with Gasteiger partial charge in [0, 0.05) is 32.7 Å². The Morgan fingerprint density at radius 1 is 1.07 bits per heavy atom. The van der Waals surface area contributed by atoms with E-state index >= 15 is 0 Å². The topological polar surface area (TPSA) is 40.5 Å². The first kappa shape index (κ1) is 17.5. The van der Waals surface area contributed by atoms with Gasteiger partial charge >= 0.3 is 0 Å². The van der Waals surface area contributed by atoms with Crippen LogP contribution in [0.1, 0.15) is 31.9 Å². The van der Waals surface area contributed by atoms with Gasteiger partial charge in [0.1, 0.15) is 5.75 Å². The maximum atomic E-state index is 9.10. The molecule has 0 aliphatic heterocycles. The summed E-state index contributed by atoms with van der Waals surface area (Å²) in [5, 5.41) is 17.6. The van der Waals surface area contributed by atoms with Crippen LogP contribution in [0.3, 0.4) is 0 Å². The molecule has 0 atom stereocenters. The van der Waals surface area contributed by atoms with Crippen LogP contribution >= 0.6 is 0 Å². The smallest absolute Gasteiger partial charge is 0.118 e. The van der Waals surface area contributed by atoms with Crippen molar-refractivity contribution in [3.05, 3.63) is 29.3 Å². The Kier molecular flexibility index (Phi) is 8.59. The van der Waals surface area contributed by atoms with E-state index in [0.29, 0.717) is 5.75 Å². The van der Waals surface area contributed by atoms with Crippen LogP contribution in [0.25, 0.3) is 0 Å². The van der Waals surface area contributed by atoms with Crippen molar-refractivity contribution in [1.82, 2.24) is 0 Å². The number of hydrogen-bond acceptors (Lipinski definition) is 2. The molecule has 0 spiro atoms. The summed E-state index contributed by atoms with van der Waals surface area (Å²) in [6.07, 6.45) is 0. The van der Waals surface area contributed by atoms with Crippen molar-refractivity contribution >= 4 is 0 Å². The normalized spacial score (nSPS) is 9.73. The van der Waals surface area contributed by atoms with Crippen molar-refractivity contribution < 1.29 is 42.9 Å². The summed E-state index contributed by atoms with van der Waals surface area (Å²) in [6, 6.07) is 5.65. The number of hydrogen-bond donors (Lipinski definition) is 2. The fourth-order valence-corrected chi connectivity index (χ4v) is 0.719. The van der Waals surface area contributed by atoms with Crippen LogP contribution in [0.2, 0.25) is 0 Å². The first-order valence-corrected chi connectivity index (χ1v) is 4.69. The van der Waals surface area contributed by atoms with Gasteiger partial charge in [-0.3, -0.25) is 0 Å². The Morgan fingerprint density at radius 3 is 1.73 bits per heavy atom. The molecule has 1 radical (unpaired) electrons. The molecule has 1 aromatic rings. The number of aromatic hydroxyl groups is 1. The quantitative estimate of drug-likeness (QED) is 0.769. The van der Waals surface area contributed by atoms with Crippen LogP contribution in [0.4, 0.5) is 0 Å². The van der Waals surface area contributed by atoms with E-state index in [4.69, 9.17) is 10.2 Å². The van der Waals surface area contributed by atoms with Gasteiger partial charge in [-0.05, 0) is 51.8 Å². The molecule has 3 heteroatoms. The summed E-state index contributed by atoms with van der Waals surface area (Å²) in [4.78, 5) is 0. The molecule has 83 valence electrons. The predicted octanol–water partition coefficient (Wildman–Crippen LogP) is 2.78. The van der Waals surface area contributed by atoms with Crippen LogP contribution in [-0.2, 0) is 32.7 Å². The molecule has 2 N–H and O–H groups in total. The van der Waals surface area contributed by atoms with Gasteiger partial charge in [0.05, 0.1) is 5.60 Å². The minimum Gasteiger partial charge on any atom is -0.508 e. The van der Waals surface area contributed by atoms with Crippen molar-refractivity contribution in [2.75, 3.05) is 0 Å². The molecule has 2 nitrogen and oxygen atoms in total. The molecule has 0 amide bonds. The maximum Gasteiger partial charge on any atom is 0.118 e. The Labute approximate surface area is 118 Å². The Balaban J connectivity index is 0. The largest absolute Gasteiger partial charge is 0.508 e. The molecule has 1 rings (SSSR count). The molecule has 1 aromatic carbocycles.